The highest BCUT2D eigenvalue weighted by atomic mass is 16.2. The highest BCUT2D eigenvalue weighted by Crippen LogP contribution is 2.26. The first-order valence-corrected chi connectivity index (χ1v) is 9.54. The van der Waals surface area contributed by atoms with Gasteiger partial charge in [-0.3, -0.25) is 4.79 Å². The Balaban J connectivity index is 1.47. The topological polar surface area (TPSA) is 35.6 Å². The zero-order valence-corrected chi connectivity index (χ0v) is 14.2. The van der Waals surface area contributed by atoms with Gasteiger partial charge in [-0.2, -0.15) is 0 Å². The predicted molar refractivity (Wildman–Crippen MR) is 89.9 cm³/mol. The van der Waals surface area contributed by atoms with Crippen LogP contribution in [0.25, 0.3) is 0 Å². The second-order valence-corrected chi connectivity index (χ2v) is 7.47. The lowest BCUT2D eigenvalue weighted by Crippen LogP contribution is -2.47. The van der Waals surface area contributed by atoms with Crippen LogP contribution in [0.4, 0.5) is 0 Å². The lowest BCUT2D eigenvalue weighted by molar-refractivity contribution is -0.129. The molecule has 126 valence electrons. The van der Waals surface area contributed by atoms with Gasteiger partial charge in [-0.05, 0) is 45.3 Å². The molecule has 2 saturated heterocycles. The highest BCUT2D eigenvalue weighted by molar-refractivity contribution is 5.79. The van der Waals surface area contributed by atoms with Crippen LogP contribution in [-0.2, 0) is 4.79 Å². The summed E-state index contributed by atoms with van der Waals surface area (Å²) in [5, 5.41) is 3.79. The smallest absolute Gasteiger partial charge is 0.224 e. The third-order valence-electron chi connectivity index (χ3n) is 5.93. The van der Waals surface area contributed by atoms with Crippen LogP contribution in [0.15, 0.2) is 0 Å². The Hall–Kier alpha value is -0.610. The van der Waals surface area contributed by atoms with Crippen LogP contribution >= 0.6 is 0 Å². The Morgan fingerprint density at radius 2 is 1.68 bits per heavy atom. The van der Waals surface area contributed by atoms with Gasteiger partial charge in [0.2, 0.25) is 5.91 Å². The van der Waals surface area contributed by atoms with Crippen molar-refractivity contribution in [3.05, 3.63) is 0 Å². The third-order valence-corrected chi connectivity index (χ3v) is 5.93. The van der Waals surface area contributed by atoms with E-state index in [0.29, 0.717) is 24.0 Å². The predicted octanol–water partition coefficient (Wildman–Crippen LogP) is 2.38. The maximum absolute atomic E-state index is 12.4. The molecule has 0 spiro atoms. The molecule has 1 saturated carbocycles. The number of amides is 1. The minimum Gasteiger partial charge on any atom is -0.338 e. The maximum Gasteiger partial charge on any atom is 0.224 e. The van der Waals surface area contributed by atoms with Gasteiger partial charge in [0.1, 0.15) is 0 Å². The van der Waals surface area contributed by atoms with Crippen LogP contribution in [0, 0.1) is 0 Å². The first-order chi connectivity index (χ1) is 10.8. The van der Waals surface area contributed by atoms with Crippen LogP contribution in [0.3, 0.4) is 0 Å². The normalized spacial score (nSPS) is 30.0. The van der Waals surface area contributed by atoms with E-state index in [0.717, 1.165) is 13.0 Å². The summed E-state index contributed by atoms with van der Waals surface area (Å²) in [6.07, 6.45) is 11.0. The minimum absolute atomic E-state index is 0.397. The molecule has 3 fully saturated rings. The average Bonchev–Trinajstić information content (AvgIpc) is 2.75. The number of likely N-dealkylation sites (tertiary alicyclic amines) is 2. The van der Waals surface area contributed by atoms with E-state index >= 15 is 0 Å². The molecule has 0 bridgehead atoms. The van der Waals surface area contributed by atoms with E-state index in [1.165, 1.54) is 71.0 Å². The van der Waals surface area contributed by atoms with Gasteiger partial charge in [0, 0.05) is 31.1 Å². The molecular weight excluding hydrogens is 274 g/mol. The summed E-state index contributed by atoms with van der Waals surface area (Å²) >= 11 is 0. The van der Waals surface area contributed by atoms with Crippen LogP contribution in [0.2, 0.25) is 0 Å². The maximum atomic E-state index is 12.4. The van der Waals surface area contributed by atoms with Gasteiger partial charge >= 0.3 is 0 Å². The zero-order chi connectivity index (χ0) is 15.4. The fourth-order valence-electron chi connectivity index (χ4n) is 4.51. The molecule has 2 heterocycles. The number of carbonyl (C=O) groups is 1. The van der Waals surface area contributed by atoms with Gasteiger partial charge < -0.3 is 15.1 Å². The van der Waals surface area contributed by atoms with Crippen molar-refractivity contribution in [1.29, 1.82) is 0 Å². The Labute approximate surface area is 135 Å². The number of piperidine rings is 1. The summed E-state index contributed by atoms with van der Waals surface area (Å²) in [5.74, 6) is 0.399. The molecule has 0 aromatic rings. The van der Waals surface area contributed by atoms with E-state index in [1.54, 1.807) is 0 Å². The summed E-state index contributed by atoms with van der Waals surface area (Å²) in [6, 6.07) is 1.55. The minimum atomic E-state index is 0.397. The van der Waals surface area contributed by atoms with E-state index in [4.69, 9.17) is 0 Å². The Morgan fingerprint density at radius 3 is 2.32 bits per heavy atom. The van der Waals surface area contributed by atoms with Crippen molar-refractivity contribution >= 4 is 5.91 Å². The SMILES string of the molecule is CCN1CCC(N[C@H]2CC(=O)N(C3CCCCCC3)C2)CC1. The summed E-state index contributed by atoms with van der Waals surface area (Å²) in [7, 11) is 0. The van der Waals surface area contributed by atoms with Gasteiger partial charge in [0.15, 0.2) is 0 Å². The highest BCUT2D eigenvalue weighted by Gasteiger charge is 2.35. The van der Waals surface area contributed by atoms with Crippen molar-refractivity contribution in [2.24, 2.45) is 0 Å². The summed E-state index contributed by atoms with van der Waals surface area (Å²) < 4.78 is 0. The first-order valence-electron chi connectivity index (χ1n) is 9.54. The second-order valence-electron chi connectivity index (χ2n) is 7.47. The number of rotatable bonds is 4. The lowest BCUT2D eigenvalue weighted by atomic mass is 10.0. The van der Waals surface area contributed by atoms with E-state index in [-0.39, 0.29) is 0 Å². The molecule has 0 radical (unpaired) electrons. The lowest BCUT2D eigenvalue weighted by Gasteiger charge is -2.33. The summed E-state index contributed by atoms with van der Waals surface area (Å²) in [5.41, 5.74) is 0. The molecule has 0 unspecified atom stereocenters. The standard InChI is InChI=1S/C18H33N3O/c1-2-20-11-9-15(10-12-20)19-16-13-18(22)21(14-16)17-7-5-3-4-6-8-17/h15-17,19H,2-14H2,1H3/t16-/m0/s1. The third kappa shape index (κ3) is 4.02. The van der Waals surface area contributed by atoms with E-state index in [1.807, 2.05) is 0 Å². The van der Waals surface area contributed by atoms with Crippen molar-refractivity contribution in [1.82, 2.24) is 15.1 Å². The quantitative estimate of drug-likeness (QED) is 0.810. The van der Waals surface area contributed by atoms with Gasteiger partial charge in [-0.25, -0.2) is 0 Å². The molecule has 1 atom stereocenters. The fraction of sp³-hybridized carbons (Fsp3) is 0.944. The van der Waals surface area contributed by atoms with Crippen molar-refractivity contribution in [2.75, 3.05) is 26.2 Å². The fourth-order valence-corrected chi connectivity index (χ4v) is 4.51. The summed E-state index contributed by atoms with van der Waals surface area (Å²) in [6.45, 7) is 6.79. The molecule has 22 heavy (non-hydrogen) atoms. The van der Waals surface area contributed by atoms with Crippen LogP contribution in [0.1, 0.15) is 64.7 Å². The number of nitrogens with one attached hydrogen (secondary N) is 1. The molecule has 0 aromatic carbocycles. The van der Waals surface area contributed by atoms with E-state index in [9.17, 15) is 4.79 Å². The monoisotopic (exact) mass is 307 g/mol. The number of nitrogens with zero attached hydrogens (tertiary/aromatic N) is 2. The van der Waals surface area contributed by atoms with Gasteiger partial charge in [0.25, 0.3) is 0 Å². The molecule has 3 rings (SSSR count). The average molecular weight is 307 g/mol. The first kappa shape index (κ1) is 16.3. The summed E-state index contributed by atoms with van der Waals surface area (Å²) in [4.78, 5) is 17.2. The number of hydrogen-bond donors (Lipinski definition) is 1. The second kappa shape index (κ2) is 7.78. The number of carbonyl (C=O) groups excluding carboxylic acids is 1. The Kier molecular flexibility index (Phi) is 5.75. The Bertz CT molecular complexity index is 357. The van der Waals surface area contributed by atoms with Crippen molar-refractivity contribution in [2.45, 2.75) is 82.8 Å². The molecular formula is C18H33N3O. The van der Waals surface area contributed by atoms with E-state index < -0.39 is 0 Å². The Morgan fingerprint density at radius 1 is 1.00 bits per heavy atom. The molecule has 1 aliphatic carbocycles. The molecule has 4 nitrogen and oxygen atoms in total. The number of hydrogen-bond acceptors (Lipinski definition) is 3. The van der Waals surface area contributed by atoms with Crippen LogP contribution in [0.5, 0.6) is 0 Å². The molecule has 1 N–H and O–H groups in total. The zero-order valence-electron chi connectivity index (χ0n) is 14.2. The van der Waals surface area contributed by atoms with Gasteiger partial charge in [-0.15, -0.1) is 0 Å². The molecule has 4 heteroatoms. The van der Waals surface area contributed by atoms with Crippen molar-refractivity contribution in [3.63, 3.8) is 0 Å². The molecule has 1 amide bonds. The van der Waals surface area contributed by atoms with Crippen molar-refractivity contribution < 1.29 is 4.79 Å². The molecule has 2 aliphatic heterocycles. The van der Waals surface area contributed by atoms with Gasteiger partial charge in [-0.1, -0.05) is 32.6 Å². The van der Waals surface area contributed by atoms with E-state index in [2.05, 4.69) is 22.0 Å². The van der Waals surface area contributed by atoms with Crippen LogP contribution in [-0.4, -0.2) is 60.0 Å². The largest absolute Gasteiger partial charge is 0.338 e. The van der Waals surface area contributed by atoms with Gasteiger partial charge in [0.05, 0.1) is 0 Å². The van der Waals surface area contributed by atoms with Crippen LogP contribution < -0.4 is 5.32 Å². The molecule has 0 aromatic heterocycles. The molecule has 3 aliphatic rings. The van der Waals surface area contributed by atoms with Crippen molar-refractivity contribution in [3.8, 4) is 0 Å².